The van der Waals surface area contributed by atoms with Crippen molar-refractivity contribution in [2.75, 3.05) is 6.54 Å². The molecule has 1 saturated heterocycles. The highest BCUT2D eigenvalue weighted by Gasteiger charge is 2.45. The van der Waals surface area contributed by atoms with Crippen molar-refractivity contribution < 1.29 is 9.53 Å². The van der Waals surface area contributed by atoms with Crippen LogP contribution >= 0.6 is 0 Å². The number of carbonyl (C=O) groups excluding carboxylic acids is 1. The van der Waals surface area contributed by atoms with Crippen molar-refractivity contribution >= 4 is 5.97 Å². The molecule has 0 aromatic carbocycles. The molecule has 1 fully saturated rings. The van der Waals surface area contributed by atoms with Crippen molar-refractivity contribution in [2.45, 2.75) is 58.2 Å². The molecule has 20 heavy (non-hydrogen) atoms. The van der Waals surface area contributed by atoms with Crippen LogP contribution in [0.25, 0.3) is 0 Å². The summed E-state index contributed by atoms with van der Waals surface area (Å²) in [5.74, 6) is 0.312. The number of hydrogen-bond donors (Lipinski definition) is 2. The van der Waals surface area contributed by atoms with Gasteiger partial charge in [-0.05, 0) is 47.1 Å². The predicted octanol–water partition coefficient (Wildman–Crippen LogP) is 0.794. The van der Waals surface area contributed by atoms with E-state index in [-0.39, 0.29) is 11.7 Å². The molecule has 2 rings (SSSR count). The first kappa shape index (κ1) is 14.8. The molecule has 2 N–H and O–H groups in total. The van der Waals surface area contributed by atoms with Crippen LogP contribution in [0, 0.1) is 0 Å². The van der Waals surface area contributed by atoms with Gasteiger partial charge in [-0.1, -0.05) is 0 Å². The highest BCUT2D eigenvalue weighted by Crippen LogP contribution is 2.32. The van der Waals surface area contributed by atoms with Gasteiger partial charge in [0.05, 0.1) is 6.54 Å². The van der Waals surface area contributed by atoms with E-state index in [0.717, 1.165) is 19.4 Å². The molecule has 2 heterocycles. The van der Waals surface area contributed by atoms with Crippen LogP contribution in [0.2, 0.25) is 0 Å². The molecule has 1 aromatic rings. The van der Waals surface area contributed by atoms with Crippen LogP contribution in [0.15, 0.2) is 4.79 Å². The van der Waals surface area contributed by atoms with Crippen LogP contribution in [0.1, 0.15) is 46.4 Å². The summed E-state index contributed by atoms with van der Waals surface area (Å²) in [5, 5.41) is 6.23. The topological polar surface area (TPSA) is 91.1 Å². The molecular formula is C13H22N4O3. The van der Waals surface area contributed by atoms with E-state index < -0.39 is 11.1 Å². The number of H-pyrrole nitrogens is 2. The largest absolute Gasteiger partial charge is 0.459 e. The maximum atomic E-state index is 12.4. The standard InChI is InChI=1S/C13H22N4O3/c1-12(2,3)20-10(18)13(4)6-5-7-17(13)8-9-14-11(19)16-15-9/h5-8H2,1-4H3,(H2,14,15,16,19). The first-order valence-electron chi connectivity index (χ1n) is 6.83. The molecule has 7 heteroatoms. The second kappa shape index (κ2) is 5.05. The summed E-state index contributed by atoms with van der Waals surface area (Å²) < 4.78 is 5.52. The fraction of sp³-hybridized carbons (Fsp3) is 0.769. The van der Waals surface area contributed by atoms with Crippen LogP contribution in [0.5, 0.6) is 0 Å². The average Bonchev–Trinajstić information content (AvgIpc) is 2.86. The van der Waals surface area contributed by atoms with Gasteiger partial charge in [0.15, 0.2) is 0 Å². The molecule has 0 saturated carbocycles. The quantitative estimate of drug-likeness (QED) is 0.800. The van der Waals surface area contributed by atoms with E-state index >= 15 is 0 Å². The molecular weight excluding hydrogens is 260 g/mol. The Labute approximate surface area is 117 Å². The molecule has 1 unspecified atom stereocenters. The highest BCUT2D eigenvalue weighted by atomic mass is 16.6. The Kier molecular flexibility index (Phi) is 3.73. The molecule has 1 atom stereocenters. The van der Waals surface area contributed by atoms with E-state index in [0.29, 0.717) is 12.4 Å². The molecule has 1 aliphatic rings. The lowest BCUT2D eigenvalue weighted by Crippen LogP contribution is -2.50. The van der Waals surface area contributed by atoms with Gasteiger partial charge in [-0.25, -0.2) is 9.89 Å². The van der Waals surface area contributed by atoms with Crippen LogP contribution < -0.4 is 5.69 Å². The summed E-state index contributed by atoms with van der Waals surface area (Å²) >= 11 is 0. The van der Waals surface area contributed by atoms with Gasteiger partial charge in [-0.2, -0.15) is 5.10 Å². The van der Waals surface area contributed by atoms with Crippen LogP contribution in [-0.2, 0) is 16.1 Å². The highest BCUT2D eigenvalue weighted by molar-refractivity contribution is 5.81. The maximum Gasteiger partial charge on any atom is 0.340 e. The molecule has 0 radical (unpaired) electrons. The lowest BCUT2D eigenvalue weighted by Gasteiger charge is -2.34. The summed E-state index contributed by atoms with van der Waals surface area (Å²) in [7, 11) is 0. The molecule has 112 valence electrons. The lowest BCUT2D eigenvalue weighted by molar-refractivity contribution is -0.167. The Balaban J connectivity index is 2.12. The molecule has 1 aliphatic heterocycles. The van der Waals surface area contributed by atoms with E-state index in [1.165, 1.54) is 0 Å². The third-order valence-corrected chi connectivity index (χ3v) is 3.52. The number of aromatic amines is 2. The normalized spacial score (nSPS) is 24.0. The number of aromatic nitrogens is 3. The van der Waals surface area contributed by atoms with Crippen molar-refractivity contribution in [3.05, 3.63) is 16.3 Å². The molecule has 0 bridgehead atoms. The van der Waals surface area contributed by atoms with Gasteiger partial charge < -0.3 is 4.74 Å². The van der Waals surface area contributed by atoms with Gasteiger partial charge in [0.2, 0.25) is 0 Å². The average molecular weight is 282 g/mol. The predicted molar refractivity (Wildman–Crippen MR) is 73.1 cm³/mol. The number of nitrogens with one attached hydrogen (secondary N) is 2. The fourth-order valence-corrected chi connectivity index (χ4v) is 2.45. The van der Waals surface area contributed by atoms with E-state index in [1.54, 1.807) is 0 Å². The van der Waals surface area contributed by atoms with E-state index in [1.807, 2.05) is 32.6 Å². The van der Waals surface area contributed by atoms with E-state index in [2.05, 4.69) is 15.2 Å². The van der Waals surface area contributed by atoms with Crippen LogP contribution in [0.3, 0.4) is 0 Å². The molecule has 7 nitrogen and oxygen atoms in total. The number of hydrogen-bond acceptors (Lipinski definition) is 5. The smallest absolute Gasteiger partial charge is 0.340 e. The third kappa shape index (κ3) is 3.09. The zero-order chi connectivity index (χ0) is 15.0. The number of nitrogens with zero attached hydrogens (tertiary/aromatic N) is 2. The Morgan fingerprint density at radius 2 is 2.20 bits per heavy atom. The van der Waals surface area contributed by atoms with E-state index in [9.17, 15) is 9.59 Å². The Bertz CT molecular complexity index is 542. The summed E-state index contributed by atoms with van der Waals surface area (Å²) in [6, 6.07) is 0. The van der Waals surface area contributed by atoms with Crippen molar-refractivity contribution in [3.63, 3.8) is 0 Å². The zero-order valence-corrected chi connectivity index (χ0v) is 12.4. The summed E-state index contributed by atoms with van der Waals surface area (Å²) in [6.45, 7) is 8.67. The minimum atomic E-state index is -0.664. The number of esters is 1. The third-order valence-electron chi connectivity index (χ3n) is 3.52. The zero-order valence-electron chi connectivity index (χ0n) is 12.4. The van der Waals surface area contributed by atoms with Gasteiger partial charge in [0, 0.05) is 0 Å². The van der Waals surface area contributed by atoms with Crippen LogP contribution in [0.4, 0.5) is 0 Å². The first-order valence-corrected chi connectivity index (χ1v) is 6.83. The minimum Gasteiger partial charge on any atom is -0.459 e. The molecule has 0 spiro atoms. The fourth-order valence-electron chi connectivity index (χ4n) is 2.45. The van der Waals surface area contributed by atoms with Crippen LogP contribution in [-0.4, -0.2) is 43.7 Å². The summed E-state index contributed by atoms with van der Waals surface area (Å²) in [6.07, 6.45) is 1.67. The summed E-state index contributed by atoms with van der Waals surface area (Å²) in [5.41, 5.74) is -1.50. The molecule has 0 amide bonds. The Hall–Kier alpha value is -1.63. The van der Waals surface area contributed by atoms with Crippen molar-refractivity contribution in [2.24, 2.45) is 0 Å². The Morgan fingerprint density at radius 1 is 1.50 bits per heavy atom. The Morgan fingerprint density at radius 3 is 2.75 bits per heavy atom. The van der Waals surface area contributed by atoms with Gasteiger partial charge in [0.1, 0.15) is 17.0 Å². The van der Waals surface area contributed by atoms with Gasteiger partial charge >= 0.3 is 11.7 Å². The first-order chi connectivity index (χ1) is 9.21. The second-order valence-corrected chi connectivity index (χ2v) is 6.43. The molecule has 1 aromatic heterocycles. The number of likely N-dealkylation sites (tertiary alicyclic amines) is 1. The van der Waals surface area contributed by atoms with Crippen molar-refractivity contribution in [1.82, 2.24) is 20.1 Å². The second-order valence-electron chi connectivity index (χ2n) is 6.43. The van der Waals surface area contributed by atoms with Gasteiger partial charge in [-0.15, -0.1) is 0 Å². The van der Waals surface area contributed by atoms with Gasteiger partial charge in [0.25, 0.3) is 0 Å². The SMILES string of the molecule is CC(C)(C)OC(=O)C1(C)CCCN1Cc1n[nH]c(=O)[nH]1. The van der Waals surface area contributed by atoms with Gasteiger partial charge in [-0.3, -0.25) is 14.7 Å². The number of ether oxygens (including phenoxy) is 1. The maximum absolute atomic E-state index is 12.4. The minimum absolute atomic E-state index is 0.222. The van der Waals surface area contributed by atoms with Crippen molar-refractivity contribution in [1.29, 1.82) is 0 Å². The monoisotopic (exact) mass is 282 g/mol. The number of rotatable bonds is 3. The molecule has 0 aliphatic carbocycles. The van der Waals surface area contributed by atoms with Crippen molar-refractivity contribution in [3.8, 4) is 0 Å². The summed E-state index contributed by atoms with van der Waals surface area (Å²) in [4.78, 5) is 28.1. The van der Waals surface area contributed by atoms with E-state index in [4.69, 9.17) is 4.74 Å². The number of carbonyl (C=O) groups is 1. The lowest BCUT2D eigenvalue weighted by atomic mass is 9.98.